The number of carboxylic acids is 1. The first-order valence-corrected chi connectivity index (χ1v) is 12.9. The van der Waals surface area contributed by atoms with Gasteiger partial charge >= 0.3 is 29.6 Å². The van der Waals surface area contributed by atoms with Crippen molar-refractivity contribution in [2.75, 3.05) is 17.2 Å². The average Bonchev–Trinajstić information content (AvgIpc) is 3.43. The van der Waals surface area contributed by atoms with E-state index in [9.17, 15) is 24.3 Å². The smallest absolute Gasteiger partial charge is 0.543 e. The predicted molar refractivity (Wildman–Crippen MR) is 125 cm³/mol. The maximum absolute atomic E-state index is 12.8. The number of tetrazole rings is 1. The van der Waals surface area contributed by atoms with Crippen molar-refractivity contribution < 1.29 is 53.8 Å². The Labute approximate surface area is 242 Å². The van der Waals surface area contributed by atoms with Crippen LogP contribution in [0.25, 0.3) is 5.57 Å². The van der Waals surface area contributed by atoms with Gasteiger partial charge in [0.15, 0.2) is 5.13 Å². The Kier molecular flexibility index (Phi) is 9.42. The number of thiazole rings is 1. The number of β-lactam (4-membered cyclic amide) rings is 1. The summed E-state index contributed by atoms with van der Waals surface area (Å²) in [4.78, 5) is 53.7. The van der Waals surface area contributed by atoms with Crippen LogP contribution in [0, 0.1) is 0 Å². The van der Waals surface area contributed by atoms with E-state index < -0.39 is 35.1 Å². The number of fused-ring (bicyclic) bond motifs is 1. The molecule has 0 saturated carbocycles. The Bertz CT molecular complexity index is 1280. The number of hydrogen-bond acceptors (Lipinski definition) is 13. The maximum atomic E-state index is 12.8. The zero-order valence-electron chi connectivity index (χ0n) is 18.4. The number of nitrogen functional groups attached to an aromatic ring is 1. The molecular formula is C17H15ClN9NaO5S3. The van der Waals surface area contributed by atoms with Crippen LogP contribution in [0.1, 0.15) is 5.69 Å². The third-order valence-corrected chi connectivity index (χ3v) is 8.13. The summed E-state index contributed by atoms with van der Waals surface area (Å²) in [7, 11) is 0. The molecule has 0 aromatic carbocycles. The molecule has 184 valence electrons. The van der Waals surface area contributed by atoms with Gasteiger partial charge < -0.3 is 26.7 Å². The van der Waals surface area contributed by atoms with Gasteiger partial charge in [0.2, 0.25) is 11.1 Å². The van der Waals surface area contributed by atoms with Crippen LogP contribution in [-0.2, 0) is 25.7 Å². The van der Waals surface area contributed by atoms with Crippen LogP contribution in [0.3, 0.4) is 0 Å². The van der Waals surface area contributed by atoms with E-state index in [-0.39, 0.29) is 74.9 Å². The summed E-state index contributed by atoms with van der Waals surface area (Å²) in [6.07, 6.45) is 0. The second-order valence-electron chi connectivity index (χ2n) is 7.07. The van der Waals surface area contributed by atoms with Crippen molar-refractivity contribution in [2.24, 2.45) is 5.73 Å². The van der Waals surface area contributed by atoms with E-state index in [2.05, 4.69) is 25.8 Å². The molecule has 2 aliphatic rings. The zero-order chi connectivity index (χ0) is 25.3. The fraction of sp³-hybridized carbons (Fsp3) is 0.294. The van der Waals surface area contributed by atoms with Gasteiger partial charge in [0, 0.05) is 22.4 Å². The number of halogens is 1. The van der Waals surface area contributed by atoms with Gasteiger partial charge in [-0.1, -0.05) is 23.4 Å². The number of primary amides is 1. The summed E-state index contributed by atoms with van der Waals surface area (Å²) in [5.74, 6) is -3.06. The monoisotopic (exact) mass is 579 g/mol. The number of amides is 3. The van der Waals surface area contributed by atoms with E-state index >= 15 is 0 Å². The largest absolute Gasteiger partial charge is 1.00 e. The average molecular weight is 580 g/mol. The van der Waals surface area contributed by atoms with Gasteiger partial charge in [-0.25, -0.2) is 9.67 Å². The Morgan fingerprint density at radius 1 is 1.39 bits per heavy atom. The molecule has 1 fully saturated rings. The molecule has 0 bridgehead atoms. The number of nitrogens with one attached hydrogen (secondary N) is 1. The van der Waals surface area contributed by atoms with Gasteiger partial charge in [0.1, 0.15) is 18.0 Å². The first kappa shape index (κ1) is 28.4. The second-order valence-corrected chi connectivity index (χ2v) is 10.2. The van der Waals surface area contributed by atoms with E-state index in [1.54, 1.807) is 5.38 Å². The first-order valence-electron chi connectivity index (χ1n) is 9.59. The maximum Gasteiger partial charge on any atom is 1.00 e. The number of nitrogens with zero attached hydrogens (tertiary/aromatic N) is 6. The Hall–Kier alpha value is -2.15. The van der Waals surface area contributed by atoms with Crippen molar-refractivity contribution in [3.05, 3.63) is 27.9 Å². The molecule has 2 aliphatic heterocycles. The minimum atomic E-state index is -1.53. The molecule has 4 rings (SSSR count). The molecule has 5 N–H and O–H groups in total. The molecular weight excluding hydrogens is 565 g/mol. The van der Waals surface area contributed by atoms with Crippen LogP contribution in [-0.4, -0.2) is 76.7 Å². The van der Waals surface area contributed by atoms with Crippen LogP contribution in [0.4, 0.5) is 5.13 Å². The van der Waals surface area contributed by atoms with Crippen molar-refractivity contribution in [3.63, 3.8) is 0 Å². The Balaban J connectivity index is 0.00000361. The van der Waals surface area contributed by atoms with Crippen LogP contribution >= 0.6 is 46.5 Å². The van der Waals surface area contributed by atoms with Crippen molar-refractivity contribution in [2.45, 2.75) is 23.1 Å². The SMILES string of the molecule is NC(=O)Cn1nnnc1SCC1=C(C(=O)[O-])N2C(=O)C(NC(=O)/C(=C/Cl)c3csc(N)n3)[C@H]2SC1.[Na+]. The number of anilines is 1. The van der Waals surface area contributed by atoms with Crippen molar-refractivity contribution in [1.29, 1.82) is 0 Å². The van der Waals surface area contributed by atoms with Gasteiger partial charge in [-0.15, -0.1) is 28.2 Å². The minimum absolute atomic E-state index is 0. The fourth-order valence-corrected chi connectivity index (χ4v) is 6.47. The molecule has 0 spiro atoms. The molecule has 2 aromatic heterocycles. The molecule has 4 heterocycles. The van der Waals surface area contributed by atoms with Crippen LogP contribution in [0.15, 0.2) is 27.3 Å². The van der Waals surface area contributed by atoms with Gasteiger partial charge in [0.05, 0.1) is 22.9 Å². The summed E-state index contributed by atoms with van der Waals surface area (Å²) in [5.41, 5.74) is 12.2. The summed E-state index contributed by atoms with van der Waals surface area (Å²) in [6, 6.07) is -0.971. The van der Waals surface area contributed by atoms with Crippen LogP contribution < -0.4 is 51.4 Å². The molecule has 1 unspecified atom stereocenters. The van der Waals surface area contributed by atoms with Crippen LogP contribution in [0.5, 0.6) is 0 Å². The van der Waals surface area contributed by atoms with Crippen molar-refractivity contribution >= 4 is 80.9 Å². The summed E-state index contributed by atoms with van der Waals surface area (Å²) in [6.45, 7) is -0.239. The minimum Gasteiger partial charge on any atom is -0.543 e. The van der Waals surface area contributed by atoms with E-state index in [4.69, 9.17) is 23.1 Å². The number of carbonyl (C=O) groups excluding carboxylic acids is 4. The van der Waals surface area contributed by atoms with E-state index in [1.165, 1.54) is 16.4 Å². The zero-order valence-corrected chi connectivity index (χ0v) is 23.6. The van der Waals surface area contributed by atoms with Crippen LogP contribution in [0.2, 0.25) is 0 Å². The topological polar surface area (TPSA) is 215 Å². The molecule has 2 atom stereocenters. The van der Waals surface area contributed by atoms with Gasteiger partial charge in [-0.2, -0.15) is 0 Å². The number of aromatic nitrogens is 5. The number of hydrogen-bond donors (Lipinski definition) is 3. The number of carbonyl (C=O) groups is 4. The molecule has 0 radical (unpaired) electrons. The predicted octanol–water partition coefficient (Wildman–Crippen LogP) is -5.02. The van der Waals surface area contributed by atoms with Gasteiger partial charge in [0.25, 0.3) is 11.8 Å². The van der Waals surface area contributed by atoms with Gasteiger partial charge in [-0.05, 0) is 16.0 Å². The molecule has 0 aliphatic carbocycles. The third kappa shape index (κ3) is 5.71. The number of rotatable bonds is 9. The molecule has 14 nitrogen and oxygen atoms in total. The Morgan fingerprint density at radius 2 is 2.14 bits per heavy atom. The van der Waals surface area contributed by atoms with Crippen molar-refractivity contribution in [3.8, 4) is 0 Å². The molecule has 36 heavy (non-hydrogen) atoms. The van der Waals surface area contributed by atoms with E-state index in [1.807, 2.05) is 0 Å². The third-order valence-electron chi connectivity index (χ3n) is 4.86. The molecule has 1 saturated heterocycles. The summed E-state index contributed by atoms with van der Waals surface area (Å²) in [5, 5.41) is 26.8. The van der Waals surface area contributed by atoms with E-state index in [0.29, 0.717) is 5.57 Å². The number of carboxylic acid groups (broad SMARTS) is 1. The number of thioether (sulfide) groups is 2. The number of aliphatic carboxylic acids is 1. The van der Waals surface area contributed by atoms with Gasteiger partial charge in [-0.3, -0.25) is 19.3 Å². The number of nitrogens with two attached hydrogens (primary N) is 2. The molecule has 3 amide bonds. The molecule has 2 aromatic rings. The second kappa shape index (κ2) is 11.9. The summed E-state index contributed by atoms with van der Waals surface area (Å²) < 4.78 is 1.18. The summed E-state index contributed by atoms with van der Waals surface area (Å²) >= 11 is 9.27. The first-order chi connectivity index (χ1) is 16.7. The molecule has 19 heteroatoms. The standard InChI is InChI=1S/C17H16ClN9O5S3.Na/c18-1-7(8-5-34-16(20)21-8)12(29)22-10-13(30)27-11(15(31)32)6(3-33-14(10)27)4-35-17-23-24-25-26(17)2-9(19)28;/h1,5,10,14H,2-4H2,(H2,19,28)(H2,20,21)(H,22,29)(H,31,32);/q;+1/p-1/b7-1+;/t10?,14-;/m1./s1. The fourth-order valence-electron chi connectivity index (χ4n) is 3.33. The normalized spacial score (nSPS) is 19.3. The quantitative estimate of drug-likeness (QED) is 0.110. The Morgan fingerprint density at radius 3 is 2.75 bits per heavy atom. The van der Waals surface area contributed by atoms with E-state index in [0.717, 1.165) is 33.5 Å². The van der Waals surface area contributed by atoms with Crippen molar-refractivity contribution in [1.82, 2.24) is 35.4 Å².